The van der Waals surface area contributed by atoms with Gasteiger partial charge in [-0.1, -0.05) is 12.1 Å². The summed E-state index contributed by atoms with van der Waals surface area (Å²) in [5.74, 6) is 1.40. The first-order valence-electron chi connectivity index (χ1n) is 4.83. The van der Waals surface area contributed by atoms with Crippen molar-refractivity contribution in [1.29, 1.82) is 0 Å². The Morgan fingerprint density at radius 3 is 3.00 bits per heavy atom. The molecule has 3 rings (SSSR count). The molecule has 4 heteroatoms. The molecule has 0 aliphatic rings. The second-order valence-electron chi connectivity index (χ2n) is 3.24. The number of hydrogen-bond donors (Lipinski definition) is 0. The van der Waals surface area contributed by atoms with Gasteiger partial charge < -0.3 is 4.74 Å². The van der Waals surface area contributed by atoms with Crippen LogP contribution in [0.3, 0.4) is 0 Å². The van der Waals surface area contributed by atoms with Crippen LogP contribution in [0.15, 0.2) is 48.2 Å². The molecule has 0 N–H and O–H groups in total. The van der Waals surface area contributed by atoms with Gasteiger partial charge in [-0.3, -0.25) is 0 Å². The predicted octanol–water partition coefficient (Wildman–Crippen LogP) is 3.48. The SMILES string of the molecule is c1cc(Oc2ccncn2)c2sccc2c1. The summed E-state index contributed by atoms with van der Waals surface area (Å²) in [5.41, 5.74) is 0. The molecule has 0 atom stereocenters. The molecule has 78 valence electrons. The molecule has 0 amide bonds. The topological polar surface area (TPSA) is 35.0 Å². The van der Waals surface area contributed by atoms with Gasteiger partial charge in [0.25, 0.3) is 0 Å². The van der Waals surface area contributed by atoms with Gasteiger partial charge in [0.05, 0.1) is 4.70 Å². The van der Waals surface area contributed by atoms with E-state index in [-0.39, 0.29) is 0 Å². The fourth-order valence-electron chi connectivity index (χ4n) is 1.50. The molecule has 0 radical (unpaired) electrons. The Hall–Kier alpha value is -1.94. The highest BCUT2D eigenvalue weighted by Gasteiger charge is 2.04. The maximum atomic E-state index is 5.71. The van der Waals surface area contributed by atoms with Crippen molar-refractivity contribution in [2.45, 2.75) is 0 Å². The predicted molar refractivity (Wildman–Crippen MR) is 63.9 cm³/mol. The Balaban J connectivity index is 2.04. The van der Waals surface area contributed by atoms with E-state index in [4.69, 9.17) is 4.74 Å². The van der Waals surface area contributed by atoms with Crippen LogP contribution in [0.5, 0.6) is 11.6 Å². The van der Waals surface area contributed by atoms with Crippen molar-refractivity contribution in [2.24, 2.45) is 0 Å². The molecule has 3 nitrogen and oxygen atoms in total. The first kappa shape index (κ1) is 9.30. The number of aromatic nitrogens is 2. The fraction of sp³-hybridized carbons (Fsp3) is 0. The Bertz CT molecular complexity index is 606. The van der Waals surface area contributed by atoms with E-state index in [1.165, 1.54) is 11.7 Å². The van der Waals surface area contributed by atoms with Crippen molar-refractivity contribution >= 4 is 21.4 Å². The van der Waals surface area contributed by atoms with Crippen LogP contribution in [-0.2, 0) is 0 Å². The number of nitrogens with zero attached hydrogens (tertiary/aromatic N) is 2. The summed E-state index contributed by atoms with van der Waals surface area (Å²) >= 11 is 1.66. The van der Waals surface area contributed by atoms with E-state index in [1.54, 1.807) is 23.6 Å². The highest BCUT2D eigenvalue weighted by molar-refractivity contribution is 7.17. The van der Waals surface area contributed by atoms with Gasteiger partial charge in [-0.15, -0.1) is 11.3 Å². The van der Waals surface area contributed by atoms with Crippen molar-refractivity contribution in [1.82, 2.24) is 9.97 Å². The third-order valence-corrected chi connectivity index (χ3v) is 3.16. The molecule has 0 fully saturated rings. The number of rotatable bonds is 2. The number of fused-ring (bicyclic) bond motifs is 1. The number of hydrogen-bond acceptors (Lipinski definition) is 4. The van der Waals surface area contributed by atoms with Crippen LogP contribution >= 0.6 is 11.3 Å². The standard InChI is InChI=1S/C12H8N2OS/c1-2-9-5-7-16-12(9)10(3-1)15-11-4-6-13-8-14-11/h1-8H. The Morgan fingerprint density at radius 2 is 2.12 bits per heavy atom. The monoisotopic (exact) mass is 228 g/mol. The second kappa shape index (κ2) is 3.90. The molecule has 0 bridgehead atoms. The van der Waals surface area contributed by atoms with Crippen molar-refractivity contribution in [2.75, 3.05) is 0 Å². The highest BCUT2D eigenvalue weighted by Crippen LogP contribution is 2.32. The summed E-state index contributed by atoms with van der Waals surface area (Å²) < 4.78 is 6.85. The molecular weight excluding hydrogens is 220 g/mol. The molecule has 2 aromatic heterocycles. The zero-order valence-electron chi connectivity index (χ0n) is 8.33. The van der Waals surface area contributed by atoms with Crippen LogP contribution < -0.4 is 4.74 Å². The first-order chi connectivity index (χ1) is 7.93. The molecule has 1 aromatic carbocycles. The molecule has 0 unspecified atom stereocenters. The molecule has 2 heterocycles. The average molecular weight is 228 g/mol. The quantitative estimate of drug-likeness (QED) is 0.673. The summed E-state index contributed by atoms with van der Waals surface area (Å²) in [5, 5.41) is 3.24. The van der Waals surface area contributed by atoms with E-state index >= 15 is 0 Å². The lowest BCUT2D eigenvalue weighted by molar-refractivity contribution is 0.467. The van der Waals surface area contributed by atoms with Crippen molar-refractivity contribution in [3.63, 3.8) is 0 Å². The largest absolute Gasteiger partial charge is 0.437 e. The molecule has 0 aliphatic carbocycles. The molecule has 0 spiro atoms. The maximum Gasteiger partial charge on any atom is 0.222 e. The number of benzene rings is 1. The van der Waals surface area contributed by atoms with Crippen LogP contribution in [0.1, 0.15) is 0 Å². The van der Waals surface area contributed by atoms with Gasteiger partial charge in [-0.05, 0) is 22.9 Å². The lowest BCUT2D eigenvalue weighted by Gasteiger charge is -2.04. The second-order valence-corrected chi connectivity index (χ2v) is 4.16. The fourth-order valence-corrected chi connectivity index (χ4v) is 2.35. The van der Waals surface area contributed by atoms with E-state index in [0.29, 0.717) is 5.88 Å². The Labute approximate surface area is 96.4 Å². The minimum atomic E-state index is 0.566. The average Bonchev–Trinajstić information content (AvgIpc) is 2.80. The zero-order valence-corrected chi connectivity index (χ0v) is 9.15. The van der Waals surface area contributed by atoms with Crippen molar-refractivity contribution in [3.05, 3.63) is 48.2 Å². The summed E-state index contributed by atoms with van der Waals surface area (Å²) in [4.78, 5) is 7.89. The van der Waals surface area contributed by atoms with E-state index in [9.17, 15) is 0 Å². The van der Waals surface area contributed by atoms with Gasteiger partial charge in [0.2, 0.25) is 5.88 Å². The van der Waals surface area contributed by atoms with Gasteiger partial charge in [0, 0.05) is 12.3 Å². The van der Waals surface area contributed by atoms with Gasteiger partial charge in [-0.25, -0.2) is 9.97 Å². The van der Waals surface area contributed by atoms with Gasteiger partial charge in [-0.2, -0.15) is 0 Å². The van der Waals surface area contributed by atoms with Crippen LogP contribution in [0.25, 0.3) is 10.1 Å². The van der Waals surface area contributed by atoms with Crippen LogP contribution in [0, 0.1) is 0 Å². The number of ether oxygens (including phenoxy) is 1. The Kier molecular flexibility index (Phi) is 2.27. The lowest BCUT2D eigenvalue weighted by Crippen LogP contribution is -1.87. The zero-order chi connectivity index (χ0) is 10.8. The Morgan fingerprint density at radius 1 is 1.12 bits per heavy atom. The van der Waals surface area contributed by atoms with E-state index in [0.717, 1.165) is 10.4 Å². The summed E-state index contributed by atoms with van der Waals surface area (Å²) in [6.07, 6.45) is 3.14. The normalized spacial score (nSPS) is 10.5. The minimum Gasteiger partial charge on any atom is -0.437 e. The van der Waals surface area contributed by atoms with Crippen molar-refractivity contribution in [3.8, 4) is 11.6 Å². The molecule has 0 saturated heterocycles. The van der Waals surface area contributed by atoms with Gasteiger partial charge in [0.15, 0.2) is 0 Å². The van der Waals surface area contributed by atoms with Crippen LogP contribution in [-0.4, -0.2) is 9.97 Å². The molecule has 16 heavy (non-hydrogen) atoms. The van der Waals surface area contributed by atoms with Gasteiger partial charge in [0.1, 0.15) is 12.1 Å². The molecule has 0 saturated carbocycles. The van der Waals surface area contributed by atoms with Crippen molar-refractivity contribution < 1.29 is 4.74 Å². The summed E-state index contributed by atoms with van der Waals surface area (Å²) in [6, 6.07) is 9.81. The summed E-state index contributed by atoms with van der Waals surface area (Å²) in [7, 11) is 0. The third-order valence-electron chi connectivity index (χ3n) is 2.21. The van der Waals surface area contributed by atoms with Crippen LogP contribution in [0.2, 0.25) is 0 Å². The molecule has 0 aliphatic heterocycles. The highest BCUT2D eigenvalue weighted by atomic mass is 32.1. The molecular formula is C12H8N2OS. The smallest absolute Gasteiger partial charge is 0.222 e. The van der Waals surface area contributed by atoms with Gasteiger partial charge >= 0.3 is 0 Å². The number of thiophene rings is 1. The van der Waals surface area contributed by atoms with E-state index in [2.05, 4.69) is 27.5 Å². The molecule has 3 aromatic rings. The third kappa shape index (κ3) is 1.63. The first-order valence-corrected chi connectivity index (χ1v) is 5.71. The van der Waals surface area contributed by atoms with Crippen LogP contribution in [0.4, 0.5) is 0 Å². The van der Waals surface area contributed by atoms with E-state index in [1.807, 2.05) is 12.1 Å². The maximum absolute atomic E-state index is 5.71. The summed E-state index contributed by atoms with van der Waals surface area (Å²) in [6.45, 7) is 0. The minimum absolute atomic E-state index is 0.566. The van der Waals surface area contributed by atoms with E-state index < -0.39 is 0 Å². The lowest BCUT2D eigenvalue weighted by atomic mass is 10.2.